The third-order valence-electron chi connectivity index (χ3n) is 5.91. The lowest BCUT2D eigenvalue weighted by molar-refractivity contribution is -0.138. The molecule has 0 spiro atoms. The molecule has 8 nitrogen and oxygen atoms in total. The van der Waals surface area contributed by atoms with E-state index in [4.69, 9.17) is 4.74 Å². The van der Waals surface area contributed by atoms with Crippen molar-refractivity contribution in [3.05, 3.63) is 86.1 Å². The van der Waals surface area contributed by atoms with Crippen LogP contribution in [0.1, 0.15) is 37.9 Å². The van der Waals surface area contributed by atoms with Crippen molar-refractivity contribution < 1.29 is 19.0 Å². The number of aryl methyl sites for hydroxylation is 1. The third-order valence-corrected chi connectivity index (χ3v) is 5.91. The standard InChI is InChI=1S/C27H26FN3O5/c1-13(2)36-25-22(23(32)24(25)33)31-21(27(34)35)15(4)16-6-9-19(10-7-16)30-26-20-12-18(28)8-5-17(20)11-14(3)29-26/h5-13,15,21,31H,1-4H3,(H,29,30)(H,34,35). The molecule has 0 fully saturated rings. The third kappa shape index (κ3) is 4.91. The first-order chi connectivity index (χ1) is 17.0. The number of ether oxygens (including phenoxy) is 1. The molecule has 0 aliphatic rings. The van der Waals surface area contributed by atoms with Gasteiger partial charge in [0.2, 0.25) is 0 Å². The van der Waals surface area contributed by atoms with Crippen LogP contribution in [0.2, 0.25) is 0 Å². The Morgan fingerprint density at radius 1 is 1.03 bits per heavy atom. The van der Waals surface area contributed by atoms with Gasteiger partial charge in [0.05, 0.1) is 6.10 Å². The van der Waals surface area contributed by atoms with Crippen LogP contribution < -0.4 is 26.2 Å². The van der Waals surface area contributed by atoms with E-state index in [1.54, 1.807) is 51.1 Å². The van der Waals surface area contributed by atoms with Gasteiger partial charge in [0.15, 0.2) is 5.75 Å². The maximum atomic E-state index is 13.8. The first-order valence-corrected chi connectivity index (χ1v) is 11.5. The fraction of sp³-hybridized carbons (Fsp3) is 0.259. The van der Waals surface area contributed by atoms with Gasteiger partial charge >= 0.3 is 5.97 Å². The number of hydrogen-bond acceptors (Lipinski definition) is 7. The lowest BCUT2D eigenvalue weighted by atomic mass is 9.92. The molecule has 4 rings (SSSR count). The minimum absolute atomic E-state index is 0.115. The van der Waals surface area contributed by atoms with Crippen molar-refractivity contribution in [3.63, 3.8) is 0 Å². The Labute approximate surface area is 206 Å². The minimum Gasteiger partial charge on any atom is -0.485 e. The summed E-state index contributed by atoms with van der Waals surface area (Å²) in [7, 11) is 0. The Kier molecular flexibility index (Phi) is 6.74. The number of carbonyl (C=O) groups is 1. The van der Waals surface area contributed by atoms with Gasteiger partial charge in [-0.05, 0) is 62.1 Å². The number of pyridine rings is 1. The van der Waals surface area contributed by atoms with Crippen molar-refractivity contribution in [3.8, 4) is 5.75 Å². The van der Waals surface area contributed by atoms with Gasteiger partial charge in [-0.15, -0.1) is 0 Å². The van der Waals surface area contributed by atoms with Gasteiger partial charge < -0.3 is 20.5 Å². The normalized spacial score (nSPS) is 13.1. The van der Waals surface area contributed by atoms with Crippen LogP contribution in [0.5, 0.6) is 5.75 Å². The Morgan fingerprint density at radius 2 is 1.72 bits per heavy atom. The number of aromatic nitrogens is 1. The van der Waals surface area contributed by atoms with E-state index in [1.807, 2.05) is 13.0 Å². The highest BCUT2D eigenvalue weighted by molar-refractivity contribution is 5.93. The predicted octanol–water partition coefficient (Wildman–Crippen LogP) is 4.48. The van der Waals surface area contributed by atoms with E-state index >= 15 is 0 Å². The molecule has 4 aromatic rings. The van der Waals surface area contributed by atoms with Gasteiger partial charge in [0.25, 0.3) is 10.9 Å². The minimum atomic E-state index is -1.18. The molecule has 0 saturated carbocycles. The Hall–Kier alpha value is -4.27. The molecule has 0 aliphatic heterocycles. The molecule has 0 amide bonds. The summed E-state index contributed by atoms with van der Waals surface area (Å²) in [5, 5.41) is 17.2. The number of benzene rings is 2. The molecule has 2 unspecified atom stereocenters. The molecule has 0 saturated heterocycles. The largest absolute Gasteiger partial charge is 0.485 e. The molecule has 3 aromatic carbocycles. The first kappa shape index (κ1) is 24.8. The predicted molar refractivity (Wildman–Crippen MR) is 137 cm³/mol. The summed E-state index contributed by atoms with van der Waals surface area (Å²) in [4.78, 5) is 40.4. The van der Waals surface area contributed by atoms with Gasteiger partial charge in [0.1, 0.15) is 23.4 Å². The van der Waals surface area contributed by atoms with Crippen molar-refractivity contribution in [1.29, 1.82) is 0 Å². The fourth-order valence-corrected chi connectivity index (χ4v) is 4.05. The van der Waals surface area contributed by atoms with Crippen molar-refractivity contribution in [1.82, 2.24) is 4.98 Å². The topological polar surface area (TPSA) is 118 Å². The van der Waals surface area contributed by atoms with Crippen molar-refractivity contribution >= 4 is 33.9 Å². The summed E-state index contributed by atoms with van der Waals surface area (Å²) in [6, 6.07) is 12.3. The van der Waals surface area contributed by atoms with E-state index in [9.17, 15) is 23.9 Å². The number of anilines is 3. The maximum absolute atomic E-state index is 13.8. The van der Waals surface area contributed by atoms with E-state index in [-0.39, 0.29) is 23.4 Å². The average Bonchev–Trinajstić information content (AvgIpc) is 2.83. The smallest absolute Gasteiger partial charge is 0.326 e. The highest BCUT2D eigenvalue weighted by Crippen LogP contribution is 2.29. The summed E-state index contributed by atoms with van der Waals surface area (Å²) >= 11 is 0. The highest BCUT2D eigenvalue weighted by Gasteiger charge is 2.32. The molecular formula is C27H26FN3O5. The van der Waals surface area contributed by atoms with E-state index in [2.05, 4.69) is 15.6 Å². The van der Waals surface area contributed by atoms with E-state index in [0.29, 0.717) is 22.5 Å². The molecular weight excluding hydrogens is 465 g/mol. The second-order valence-electron chi connectivity index (χ2n) is 9.00. The Bertz CT molecular complexity index is 1510. The van der Waals surface area contributed by atoms with Crippen molar-refractivity contribution in [2.45, 2.75) is 45.8 Å². The van der Waals surface area contributed by atoms with Gasteiger partial charge in [-0.1, -0.05) is 25.1 Å². The molecule has 9 heteroatoms. The highest BCUT2D eigenvalue weighted by atomic mass is 19.1. The second-order valence-corrected chi connectivity index (χ2v) is 9.00. The summed E-state index contributed by atoms with van der Waals surface area (Å²) < 4.78 is 19.2. The van der Waals surface area contributed by atoms with Crippen LogP contribution in [-0.2, 0) is 4.79 Å². The molecule has 2 atom stereocenters. The van der Waals surface area contributed by atoms with Crippen LogP contribution >= 0.6 is 0 Å². The number of carboxylic acid groups (broad SMARTS) is 1. The molecule has 0 aliphatic carbocycles. The van der Waals surface area contributed by atoms with E-state index < -0.39 is 28.8 Å². The maximum Gasteiger partial charge on any atom is 0.326 e. The summed E-state index contributed by atoms with van der Waals surface area (Å²) in [6.07, 6.45) is -0.342. The van der Waals surface area contributed by atoms with Crippen LogP contribution in [0, 0.1) is 12.7 Å². The van der Waals surface area contributed by atoms with Gasteiger partial charge in [-0.25, -0.2) is 14.2 Å². The number of halogens is 1. The number of rotatable bonds is 9. The molecule has 3 N–H and O–H groups in total. The number of hydrogen-bond donors (Lipinski definition) is 3. The molecule has 0 radical (unpaired) electrons. The molecule has 186 valence electrons. The van der Waals surface area contributed by atoms with Gasteiger partial charge in [-0.2, -0.15) is 0 Å². The summed E-state index contributed by atoms with van der Waals surface area (Å²) in [6.45, 7) is 6.98. The number of aliphatic carboxylic acids is 1. The van der Waals surface area contributed by atoms with Gasteiger partial charge in [0, 0.05) is 22.7 Å². The van der Waals surface area contributed by atoms with E-state index in [0.717, 1.165) is 11.1 Å². The number of nitrogens with zero attached hydrogens (tertiary/aromatic N) is 1. The lowest BCUT2D eigenvalue weighted by Crippen LogP contribution is -2.43. The molecule has 1 heterocycles. The Balaban J connectivity index is 1.56. The zero-order valence-corrected chi connectivity index (χ0v) is 20.3. The average molecular weight is 492 g/mol. The van der Waals surface area contributed by atoms with Gasteiger partial charge in [-0.3, -0.25) is 9.59 Å². The van der Waals surface area contributed by atoms with Crippen molar-refractivity contribution in [2.24, 2.45) is 0 Å². The Morgan fingerprint density at radius 3 is 2.36 bits per heavy atom. The van der Waals surface area contributed by atoms with E-state index in [1.165, 1.54) is 12.1 Å². The fourth-order valence-electron chi connectivity index (χ4n) is 4.05. The number of nitrogens with one attached hydrogen (secondary N) is 2. The lowest BCUT2D eigenvalue weighted by Gasteiger charge is -2.25. The first-order valence-electron chi connectivity index (χ1n) is 11.5. The van der Waals surface area contributed by atoms with Crippen LogP contribution in [0.15, 0.2) is 58.1 Å². The van der Waals surface area contributed by atoms with Crippen molar-refractivity contribution in [2.75, 3.05) is 10.6 Å². The quantitative estimate of drug-likeness (QED) is 0.294. The zero-order chi connectivity index (χ0) is 26.1. The SMILES string of the molecule is Cc1cc2ccc(F)cc2c(Nc2ccc(C(C)C(Nc3c(OC(C)C)c(=O)c3=O)C(=O)O)cc2)n1. The van der Waals surface area contributed by atoms with Crippen LogP contribution in [0.3, 0.4) is 0 Å². The monoisotopic (exact) mass is 491 g/mol. The second kappa shape index (κ2) is 9.77. The number of fused-ring (bicyclic) bond motifs is 1. The number of carboxylic acids is 1. The van der Waals surface area contributed by atoms with Crippen LogP contribution in [0.4, 0.5) is 21.6 Å². The summed E-state index contributed by atoms with van der Waals surface area (Å²) in [5.74, 6) is -1.72. The van der Waals surface area contributed by atoms with Crippen LogP contribution in [0.25, 0.3) is 10.8 Å². The molecule has 1 aromatic heterocycles. The molecule has 0 bridgehead atoms. The molecule has 36 heavy (non-hydrogen) atoms. The zero-order valence-electron chi connectivity index (χ0n) is 20.3. The van der Waals surface area contributed by atoms with Crippen LogP contribution in [-0.4, -0.2) is 28.2 Å². The summed E-state index contributed by atoms with van der Waals surface area (Å²) in [5.41, 5.74) is 0.476.